The van der Waals surface area contributed by atoms with Crippen LogP contribution in [0.25, 0.3) is 21.9 Å². The summed E-state index contributed by atoms with van der Waals surface area (Å²) in [4.78, 5) is 4.60. The molecule has 1 aliphatic heterocycles. The van der Waals surface area contributed by atoms with Crippen molar-refractivity contribution in [2.75, 3.05) is 40.5 Å². The van der Waals surface area contributed by atoms with E-state index in [0.717, 1.165) is 58.7 Å². The Morgan fingerprint density at radius 3 is 2.45 bits per heavy atom. The van der Waals surface area contributed by atoms with Gasteiger partial charge in [0, 0.05) is 26.7 Å². The molecule has 0 radical (unpaired) electrons. The molecule has 0 atom stereocenters. The predicted molar refractivity (Wildman–Crippen MR) is 117 cm³/mol. The van der Waals surface area contributed by atoms with Gasteiger partial charge in [0.15, 0.2) is 0 Å². The number of rotatable bonds is 8. The summed E-state index contributed by atoms with van der Waals surface area (Å²) in [5.74, 6) is 2.62. The van der Waals surface area contributed by atoms with Gasteiger partial charge in [0.25, 0.3) is 0 Å². The molecule has 1 N–H and O–H groups in total. The summed E-state index contributed by atoms with van der Waals surface area (Å²) in [5.41, 5.74) is 3.34. The van der Waals surface area contributed by atoms with Crippen molar-refractivity contribution < 1.29 is 14.2 Å². The molecule has 29 heavy (non-hydrogen) atoms. The van der Waals surface area contributed by atoms with Gasteiger partial charge in [-0.15, -0.1) is 0 Å². The number of hydrogen-bond acceptors (Lipinski definition) is 5. The van der Waals surface area contributed by atoms with E-state index in [1.54, 1.807) is 14.2 Å². The van der Waals surface area contributed by atoms with Crippen LogP contribution < -0.4 is 14.8 Å². The summed E-state index contributed by atoms with van der Waals surface area (Å²) in [5, 5.41) is 5.68. The maximum absolute atomic E-state index is 6.09. The molecule has 0 fully saturated rings. The Bertz CT molecular complexity index is 1010. The van der Waals surface area contributed by atoms with Crippen LogP contribution in [0.2, 0.25) is 0 Å². The normalized spacial score (nSPS) is 13.2. The number of fused-ring (bicyclic) bond motifs is 1. The molecule has 3 aromatic rings. The fourth-order valence-electron chi connectivity index (χ4n) is 3.51. The van der Waals surface area contributed by atoms with Crippen LogP contribution in [0.5, 0.6) is 11.5 Å². The summed E-state index contributed by atoms with van der Waals surface area (Å²) in [6, 6.07) is 18.9. The van der Waals surface area contributed by atoms with Crippen molar-refractivity contribution in [3.63, 3.8) is 0 Å². The van der Waals surface area contributed by atoms with E-state index in [1.165, 1.54) is 5.56 Å². The molecule has 0 spiro atoms. The van der Waals surface area contributed by atoms with Crippen molar-refractivity contribution in [1.29, 1.82) is 0 Å². The quantitative estimate of drug-likeness (QED) is 0.583. The Morgan fingerprint density at radius 1 is 0.897 bits per heavy atom. The summed E-state index contributed by atoms with van der Waals surface area (Å²) in [6.07, 6.45) is 0.851. The lowest BCUT2D eigenvalue weighted by molar-refractivity contribution is 0.172. The Hall–Kier alpha value is -3.05. The molecule has 3 aromatic carbocycles. The monoisotopic (exact) mass is 390 g/mol. The first-order valence-corrected chi connectivity index (χ1v) is 9.91. The Morgan fingerprint density at radius 2 is 1.72 bits per heavy atom. The van der Waals surface area contributed by atoms with E-state index in [4.69, 9.17) is 14.2 Å². The van der Waals surface area contributed by atoms with Crippen molar-refractivity contribution in [2.24, 2.45) is 4.99 Å². The molecular weight excluding hydrogens is 364 g/mol. The van der Waals surface area contributed by atoms with Gasteiger partial charge in [-0.3, -0.25) is 4.99 Å². The number of aliphatic imine (C=N–C) groups is 1. The van der Waals surface area contributed by atoms with E-state index in [-0.39, 0.29) is 0 Å². The average molecular weight is 390 g/mol. The minimum Gasteiger partial charge on any atom is -0.497 e. The molecule has 0 saturated heterocycles. The number of ether oxygens (including phenoxy) is 3. The Kier molecular flexibility index (Phi) is 5.96. The molecule has 5 nitrogen and oxygen atoms in total. The molecule has 0 aromatic heterocycles. The molecule has 0 unspecified atom stereocenters. The first-order valence-electron chi connectivity index (χ1n) is 9.91. The second kappa shape index (κ2) is 8.97. The highest BCUT2D eigenvalue weighted by molar-refractivity contribution is 6.06. The van der Waals surface area contributed by atoms with Crippen LogP contribution in [0.3, 0.4) is 0 Å². The summed E-state index contributed by atoms with van der Waals surface area (Å²) < 4.78 is 16.5. The molecule has 0 amide bonds. The van der Waals surface area contributed by atoms with Gasteiger partial charge in [0.2, 0.25) is 0 Å². The lowest BCUT2D eigenvalue weighted by Gasteiger charge is -2.14. The van der Waals surface area contributed by atoms with E-state index in [2.05, 4.69) is 52.8 Å². The Balaban J connectivity index is 1.70. The maximum atomic E-state index is 6.09. The van der Waals surface area contributed by atoms with Gasteiger partial charge in [0.1, 0.15) is 17.3 Å². The number of hydrogen-bond donors (Lipinski definition) is 1. The molecule has 5 heteroatoms. The van der Waals surface area contributed by atoms with Gasteiger partial charge in [-0.05, 0) is 52.2 Å². The van der Waals surface area contributed by atoms with Crippen LogP contribution in [-0.2, 0) is 4.74 Å². The van der Waals surface area contributed by atoms with E-state index >= 15 is 0 Å². The zero-order chi connectivity index (χ0) is 20.1. The van der Waals surface area contributed by atoms with Gasteiger partial charge in [-0.25, -0.2) is 0 Å². The maximum Gasteiger partial charge on any atom is 0.132 e. The van der Waals surface area contributed by atoms with Crippen molar-refractivity contribution in [1.82, 2.24) is 5.32 Å². The smallest absolute Gasteiger partial charge is 0.132 e. The lowest BCUT2D eigenvalue weighted by Crippen LogP contribution is -2.20. The molecular formula is C24H26N2O3. The fraction of sp³-hybridized carbons (Fsp3) is 0.292. The predicted octanol–water partition coefficient (Wildman–Crippen LogP) is 4.28. The van der Waals surface area contributed by atoms with Gasteiger partial charge >= 0.3 is 0 Å². The van der Waals surface area contributed by atoms with Crippen LogP contribution in [0, 0.1) is 0 Å². The molecule has 0 aliphatic carbocycles. The lowest BCUT2D eigenvalue weighted by atomic mass is 9.99. The molecule has 4 rings (SSSR count). The van der Waals surface area contributed by atoms with Crippen molar-refractivity contribution >= 4 is 16.6 Å². The van der Waals surface area contributed by atoms with Crippen LogP contribution in [0.15, 0.2) is 59.6 Å². The molecule has 0 saturated carbocycles. The largest absolute Gasteiger partial charge is 0.497 e. The van der Waals surface area contributed by atoms with Gasteiger partial charge in [-0.1, -0.05) is 24.3 Å². The number of amidine groups is 1. The van der Waals surface area contributed by atoms with Crippen LogP contribution in [-0.4, -0.2) is 46.4 Å². The highest BCUT2D eigenvalue weighted by Crippen LogP contribution is 2.31. The number of nitrogens with one attached hydrogen (secondary N) is 1. The van der Waals surface area contributed by atoms with Crippen LogP contribution in [0.1, 0.15) is 12.0 Å². The molecule has 0 bridgehead atoms. The van der Waals surface area contributed by atoms with Crippen LogP contribution in [0.4, 0.5) is 0 Å². The summed E-state index contributed by atoms with van der Waals surface area (Å²) in [6.45, 7) is 2.96. The first-order chi connectivity index (χ1) is 14.3. The van der Waals surface area contributed by atoms with Crippen molar-refractivity contribution in [3.05, 3.63) is 60.2 Å². The molecule has 150 valence electrons. The van der Waals surface area contributed by atoms with Gasteiger partial charge in [-0.2, -0.15) is 0 Å². The molecule has 1 aliphatic rings. The zero-order valence-corrected chi connectivity index (χ0v) is 16.9. The van der Waals surface area contributed by atoms with Crippen molar-refractivity contribution in [3.8, 4) is 22.6 Å². The zero-order valence-electron chi connectivity index (χ0n) is 16.9. The van der Waals surface area contributed by atoms with E-state index in [9.17, 15) is 0 Å². The van der Waals surface area contributed by atoms with E-state index in [1.807, 2.05) is 12.1 Å². The number of benzene rings is 3. The highest BCUT2D eigenvalue weighted by atomic mass is 16.5. The SMILES string of the molecule is COCCCOc1cc2ccc(-c3ccc(OC)cc3)cc2cc1C1=NCCN1. The summed E-state index contributed by atoms with van der Waals surface area (Å²) in [7, 11) is 3.39. The Labute approximate surface area is 171 Å². The number of methoxy groups -OCH3 is 2. The third kappa shape index (κ3) is 4.35. The number of nitrogens with zero attached hydrogens (tertiary/aromatic N) is 1. The fourth-order valence-corrected chi connectivity index (χ4v) is 3.51. The third-order valence-corrected chi connectivity index (χ3v) is 5.04. The summed E-state index contributed by atoms with van der Waals surface area (Å²) >= 11 is 0. The van der Waals surface area contributed by atoms with Gasteiger partial charge < -0.3 is 19.5 Å². The second-order valence-corrected chi connectivity index (χ2v) is 6.99. The standard InChI is InChI=1S/C24H26N2O3/c1-27-12-3-13-29-23-16-19-5-4-18(17-6-8-21(28-2)9-7-17)14-20(19)15-22(23)24-25-10-11-26-24/h4-9,14-16H,3,10-13H2,1-2H3,(H,25,26). The highest BCUT2D eigenvalue weighted by Gasteiger charge is 2.15. The minimum absolute atomic E-state index is 0.615. The average Bonchev–Trinajstić information content (AvgIpc) is 3.30. The topological polar surface area (TPSA) is 52.1 Å². The second-order valence-electron chi connectivity index (χ2n) is 6.99. The van der Waals surface area contributed by atoms with Crippen molar-refractivity contribution in [2.45, 2.75) is 6.42 Å². The molecule has 1 heterocycles. The third-order valence-electron chi connectivity index (χ3n) is 5.04. The minimum atomic E-state index is 0.615. The van der Waals surface area contributed by atoms with E-state index < -0.39 is 0 Å². The van der Waals surface area contributed by atoms with E-state index in [0.29, 0.717) is 13.2 Å². The van der Waals surface area contributed by atoms with Gasteiger partial charge in [0.05, 0.1) is 25.8 Å². The first kappa shape index (κ1) is 19.3. The van der Waals surface area contributed by atoms with Crippen LogP contribution >= 0.6 is 0 Å².